The summed E-state index contributed by atoms with van der Waals surface area (Å²) in [5.41, 5.74) is 1.35. The van der Waals surface area contributed by atoms with Gasteiger partial charge in [0.2, 0.25) is 0 Å². The smallest absolute Gasteiger partial charge is 0.128 e. The van der Waals surface area contributed by atoms with Gasteiger partial charge < -0.3 is 10.2 Å². The summed E-state index contributed by atoms with van der Waals surface area (Å²) in [4.78, 5) is 9.51. The molecule has 0 aromatic carbocycles. The van der Waals surface area contributed by atoms with Crippen molar-refractivity contribution in [3.8, 4) is 0 Å². The van der Waals surface area contributed by atoms with Gasteiger partial charge in [-0.15, -0.1) is 0 Å². The second-order valence-corrected chi connectivity index (χ2v) is 6.29. The number of piperazine rings is 1. The van der Waals surface area contributed by atoms with Crippen LogP contribution in [0.5, 0.6) is 0 Å². The topological polar surface area (TPSA) is 31.4 Å². The summed E-state index contributed by atoms with van der Waals surface area (Å²) in [6.07, 6.45) is 4.64. The molecule has 4 nitrogen and oxygen atoms in total. The van der Waals surface area contributed by atoms with Crippen LogP contribution in [0.4, 0.5) is 5.82 Å². The van der Waals surface area contributed by atoms with Gasteiger partial charge in [0.1, 0.15) is 5.82 Å². The van der Waals surface area contributed by atoms with Gasteiger partial charge in [0.15, 0.2) is 0 Å². The molecule has 0 unspecified atom stereocenters. The Labute approximate surface area is 122 Å². The average Bonchev–Trinajstić information content (AvgIpc) is 3.30. The first-order chi connectivity index (χ1) is 9.72. The molecule has 1 aliphatic carbocycles. The Hall–Kier alpha value is -1.13. The normalized spacial score (nSPS) is 20.6. The summed E-state index contributed by atoms with van der Waals surface area (Å²) in [5.74, 6) is 1.14. The van der Waals surface area contributed by atoms with Crippen molar-refractivity contribution in [3.05, 3.63) is 23.9 Å². The van der Waals surface area contributed by atoms with Gasteiger partial charge in [-0.3, -0.25) is 4.90 Å². The summed E-state index contributed by atoms with van der Waals surface area (Å²) >= 11 is 0. The van der Waals surface area contributed by atoms with Crippen LogP contribution in [-0.2, 0) is 6.54 Å². The van der Waals surface area contributed by atoms with Crippen LogP contribution >= 0.6 is 0 Å². The molecule has 0 radical (unpaired) electrons. The van der Waals surface area contributed by atoms with Gasteiger partial charge in [0, 0.05) is 51.0 Å². The summed E-state index contributed by atoms with van der Waals surface area (Å²) in [5, 5.41) is 3.57. The maximum absolute atomic E-state index is 4.56. The van der Waals surface area contributed by atoms with E-state index in [0.29, 0.717) is 6.04 Å². The second-order valence-electron chi connectivity index (χ2n) is 6.29. The van der Waals surface area contributed by atoms with E-state index in [1.807, 2.05) is 6.20 Å². The number of hydrogen-bond acceptors (Lipinski definition) is 4. The highest BCUT2D eigenvalue weighted by Crippen LogP contribution is 2.20. The van der Waals surface area contributed by atoms with Crippen LogP contribution in [0.15, 0.2) is 18.3 Å². The Balaban J connectivity index is 1.57. The number of anilines is 1. The summed E-state index contributed by atoms with van der Waals surface area (Å²) in [6, 6.07) is 5.80. The van der Waals surface area contributed by atoms with Gasteiger partial charge in [-0.05, 0) is 44.4 Å². The van der Waals surface area contributed by atoms with E-state index in [4.69, 9.17) is 0 Å². The molecule has 110 valence electrons. The molecule has 1 aromatic heterocycles. The van der Waals surface area contributed by atoms with E-state index in [9.17, 15) is 0 Å². The Morgan fingerprint density at radius 1 is 1.25 bits per heavy atom. The summed E-state index contributed by atoms with van der Waals surface area (Å²) in [7, 11) is 0. The van der Waals surface area contributed by atoms with Crippen LogP contribution in [0, 0.1) is 0 Å². The number of rotatable bonds is 5. The van der Waals surface area contributed by atoms with Gasteiger partial charge >= 0.3 is 0 Å². The SMILES string of the molecule is CC(C)N1CCN(c2cc(CNC3CC3)ccn2)CC1. The van der Waals surface area contributed by atoms with Gasteiger partial charge in [-0.1, -0.05) is 0 Å². The van der Waals surface area contributed by atoms with E-state index in [2.05, 4.69) is 46.1 Å². The lowest BCUT2D eigenvalue weighted by Crippen LogP contribution is -2.49. The van der Waals surface area contributed by atoms with Crippen molar-refractivity contribution in [2.45, 2.75) is 45.3 Å². The number of nitrogens with zero attached hydrogens (tertiary/aromatic N) is 3. The lowest BCUT2D eigenvalue weighted by molar-refractivity contribution is 0.209. The minimum atomic E-state index is 0.652. The van der Waals surface area contributed by atoms with Crippen molar-refractivity contribution in [2.24, 2.45) is 0 Å². The molecule has 20 heavy (non-hydrogen) atoms. The van der Waals surface area contributed by atoms with E-state index in [0.717, 1.165) is 44.6 Å². The van der Waals surface area contributed by atoms with Crippen molar-refractivity contribution in [3.63, 3.8) is 0 Å². The molecule has 0 bridgehead atoms. The molecule has 1 saturated carbocycles. The number of hydrogen-bond donors (Lipinski definition) is 1. The lowest BCUT2D eigenvalue weighted by atomic mass is 10.2. The van der Waals surface area contributed by atoms with E-state index < -0.39 is 0 Å². The van der Waals surface area contributed by atoms with Crippen LogP contribution in [0.2, 0.25) is 0 Å². The van der Waals surface area contributed by atoms with Gasteiger partial charge in [0.05, 0.1) is 0 Å². The highest BCUT2D eigenvalue weighted by Gasteiger charge is 2.21. The maximum Gasteiger partial charge on any atom is 0.128 e. The monoisotopic (exact) mass is 274 g/mol. The van der Waals surface area contributed by atoms with Crippen LogP contribution < -0.4 is 10.2 Å². The average molecular weight is 274 g/mol. The first-order valence-electron chi connectivity index (χ1n) is 7.89. The number of aromatic nitrogens is 1. The first kappa shape index (κ1) is 13.8. The zero-order valence-electron chi connectivity index (χ0n) is 12.7. The molecule has 1 aliphatic heterocycles. The lowest BCUT2D eigenvalue weighted by Gasteiger charge is -2.37. The van der Waals surface area contributed by atoms with Crippen molar-refractivity contribution in [2.75, 3.05) is 31.1 Å². The third-order valence-corrected chi connectivity index (χ3v) is 4.35. The number of nitrogens with one attached hydrogen (secondary N) is 1. The molecule has 0 spiro atoms. The third kappa shape index (κ3) is 3.49. The Morgan fingerprint density at radius 3 is 2.65 bits per heavy atom. The molecule has 0 amide bonds. The first-order valence-corrected chi connectivity index (χ1v) is 7.89. The summed E-state index contributed by atoms with van der Waals surface area (Å²) < 4.78 is 0. The molecule has 0 atom stereocenters. The Morgan fingerprint density at radius 2 is 2.00 bits per heavy atom. The fourth-order valence-corrected chi connectivity index (χ4v) is 2.76. The highest BCUT2D eigenvalue weighted by atomic mass is 15.3. The second kappa shape index (κ2) is 6.10. The minimum Gasteiger partial charge on any atom is -0.354 e. The molecule has 2 fully saturated rings. The molecule has 3 rings (SSSR count). The van der Waals surface area contributed by atoms with Crippen molar-refractivity contribution >= 4 is 5.82 Å². The van der Waals surface area contributed by atoms with E-state index >= 15 is 0 Å². The van der Waals surface area contributed by atoms with Gasteiger partial charge in [-0.25, -0.2) is 4.98 Å². The van der Waals surface area contributed by atoms with Crippen LogP contribution in [-0.4, -0.2) is 48.1 Å². The van der Waals surface area contributed by atoms with Crippen molar-refractivity contribution < 1.29 is 0 Å². The fraction of sp³-hybridized carbons (Fsp3) is 0.688. The molecular formula is C16H26N4. The molecule has 1 aromatic rings. The Kier molecular flexibility index (Phi) is 4.22. The zero-order chi connectivity index (χ0) is 13.9. The number of pyridine rings is 1. The predicted molar refractivity (Wildman–Crippen MR) is 83.0 cm³/mol. The quantitative estimate of drug-likeness (QED) is 0.888. The predicted octanol–water partition coefficient (Wildman–Crippen LogP) is 1.86. The fourth-order valence-electron chi connectivity index (χ4n) is 2.76. The molecule has 2 aliphatic rings. The zero-order valence-corrected chi connectivity index (χ0v) is 12.7. The molecule has 2 heterocycles. The van der Waals surface area contributed by atoms with Crippen molar-refractivity contribution in [1.82, 2.24) is 15.2 Å². The largest absolute Gasteiger partial charge is 0.354 e. The standard InChI is InChI=1S/C16H26N4/c1-13(2)19-7-9-20(10-8-19)16-11-14(5-6-17-16)12-18-15-3-4-15/h5-6,11,13,15,18H,3-4,7-10,12H2,1-2H3. The molecule has 4 heteroatoms. The van der Waals surface area contributed by atoms with Gasteiger partial charge in [0.25, 0.3) is 0 Å². The maximum atomic E-state index is 4.56. The molecular weight excluding hydrogens is 248 g/mol. The van der Waals surface area contributed by atoms with E-state index in [1.54, 1.807) is 0 Å². The van der Waals surface area contributed by atoms with Crippen molar-refractivity contribution in [1.29, 1.82) is 0 Å². The third-order valence-electron chi connectivity index (χ3n) is 4.35. The van der Waals surface area contributed by atoms with Crippen LogP contribution in [0.3, 0.4) is 0 Å². The molecule has 1 N–H and O–H groups in total. The summed E-state index contributed by atoms with van der Waals surface area (Å²) in [6.45, 7) is 9.99. The highest BCUT2D eigenvalue weighted by molar-refractivity contribution is 5.41. The van der Waals surface area contributed by atoms with E-state index in [-0.39, 0.29) is 0 Å². The van der Waals surface area contributed by atoms with Crippen LogP contribution in [0.1, 0.15) is 32.3 Å². The molecule has 1 saturated heterocycles. The van der Waals surface area contributed by atoms with Gasteiger partial charge in [-0.2, -0.15) is 0 Å². The minimum absolute atomic E-state index is 0.652. The van der Waals surface area contributed by atoms with Crippen LogP contribution in [0.25, 0.3) is 0 Å². The van der Waals surface area contributed by atoms with E-state index in [1.165, 1.54) is 18.4 Å². The Bertz CT molecular complexity index is 434.